The van der Waals surface area contributed by atoms with Crippen LogP contribution in [0.5, 0.6) is 0 Å². The second-order valence-electron chi connectivity index (χ2n) is 8.16. The molecule has 2 N–H and O–H groups in total. The van der Waals surface area contributed by atoms with Gasteiger partial charge in [-0.15, -0.1) is 0 Å². The first kappa shape index (κ1) is 17.8. The number of carboxylic acids is 1. The van der Waals surface area contributed by atoms with E-state index in [-0.39, 0.29) is 23.9 Å². The standard InChI is InChI=1S/C16H30N2O3/c1-15(2,3)11-12(10-13(19)20)17-14(21)18-8-6-16(4,5)7-9-18/h12H,6-11H2,1-5H3,(H,17,21)(H,19,20). The summed E-state index contributed by atoms with van der Waals surface area (Å²) in [6, 6.07) is -0.439. The van der Waals surface area contributed by atoms with Gasteiger partial charge in [0.05, 0.1) is 6.42 Å². The molecule has 1 unspecified atom stereocenters. The molecule has 5 heteroatoms. The predicted octanol–water partition coefficient (Wildman–Crippen LogP) is 3.10. The Morgan fingerprint density at radius 1 is 1.24 bits per heavy atom. The number of amides is 2. The number of hydrogen-bond acceptors (Lipinski definition) is 2. The molecule has 21 heavy (non-hydrogen) atoms. The first-order valence-corrected chi connectivity index (χ1v) is 7.76. The number of hydrogen-bond donors (Lipinski definition) is 2. The van der Waals surface area contributed by atoms with Crippen molar-refractivity contribution in [3.05, 3.63) is 0 Å². The summed E-state index contributed by atoms with van der Waals surface area (Å²) in [5, 5.41) is 11.9. The van der Waals surface area contributed by atoms with Gasteiger partial charge in [0.25, 0.3) is 0 Å². The molecule has 0 spiro atoms. The second-order valence-corrected chi connectivity index (χ2v) is 8.16. The minimum atomic E-state index is -0.871. The van der Waals surface area contributed by atoms with E-state index >= 15 is 0 Å². The minimum Gasteiger partial charge on any atom is -0.481 e. The van der Waals surface area contributed by atoms with E-state index in [1.165, 1.54) is 0 Å². The topological polar surface area (TPSA) is 69.6 Å². The Morgan fingerprint density at radius 2 is 1.76 bits per heavy atom. The molecule has 0 radical (unpaired) electrons. The van der Waals surface area contributed by atoms with E-state index < -0.39 is 5.97 Å². The maximum atomic E-state index is 12.3. The lowest BCUT2D eigenvalue weighted by atomic mass is 9.83. The molecule has 1 fully saturated rings. The SMILES string of the molecule is CC(C)(C)CC(CC(=O)O)NC(=O)N1CCC(C)(C)CC1. The van der Waals surface area contributed by atoms with Gasteiger partial charge >= 0.3 is 12.0 Å². The summed E-state index contributed by atoms with van der Waals surface area (Å²) in [5.74, 6) is -0.871. The van der Waals surface area contributed by atoms with Gasteiger partial charge in [0.2, 0.25) is 0 Å². The van der Waals surface area contributed by atoms with Crippen LogP contribution in [0.1, 0.15) is 60.3 Å². The summed E-state index contributed by atoms with van der Waals surface area (Å²) in [5.41, 5.74) is 0.278. The van der Waals surface area contributed by atoms with Gasteiger partial charge in [0, 0.05) is 19.1 Å². The first-order valence-electron chi connectivity index (χ1n) is 7.76. The van der Waals surface area contributed by atoms with Crippen LogP contribution in [0.2, 0.25) is 0 Å². The van der Waals surface area contributed by atoms with Gasteiger partial charge in [-0.1, -0.05) is 34.6 Å². The van der Waals surface area contributed by atoms with Gasteiger partial charge in [-0.25, -0.2) is 4.79 Å². The molecule has 0 aromatic heterocycles. The van der Waals surface area contributed by atoms with Crippen molar-refractivity contribution in [3.8, 4) is 0 Å². The van der Waals surface area contributed by atoms with Crippen molar-refractivity contribution in [2.75, 3.05) is 13.1 Å². The highest BCUT2D eigenvalue weighted by atomic mass is 16.4. The molecule has 0 bridgehead atoms. The summed E-state index contributed by atoms with van der Waals surface area (Å²) < 4.78 is 0. The smallest absolute Gasteiger partial charge is 0.317 e. The van der Waals surface area contributed by atoms with E-state index in [1.54, 1.807) is 0 Å². The van der Waals surface area contributed by atoms with Crippen LogP contribution in [-0.2, 0) is 4.79 Å². The van der Waals surface area contributed by atoms with Gasteiger partial charge < -0.3 is 15.3 Å². The van der Waals surface area contributed by atoms with Gasteiger partial charge in [-0.05, 0) is 30.1 Å². The predicted molar refractivity (Wildman–Crippen MR) is 83.2 cm³/mol. The number of piperidine rings is 1. The molecule has 1 aliphatic heterocycles. The van der Waals surface area contributed by atoms with Crippen molar-refractivity contribution < 1.29 is 14.7 Å². The molecular formula is C16H30N2O3. The molecule has 1 heterocycles. The molecule has 122 valence electrons. The van der Waals surface area contributed by atoms with Crippen LogP contribution >= 0.6 is 0 Å². The van der Waals surface area contributed by atoms with E-state index in [0.29, 0.717) is 11.8 Å². The number of nitrogens with zero attached hydrogens (tertiary/aromatic N) is 1. The van der Waals surface area contributed by atoms with Crippen molar-refractivity contribution in [2.24, 2.45) is 10.8 Å². The molecule has 0 aromatic rings. The maximum absolute atomic E-state index is 12.3. The van der Waals surface area contributed by atoms with Gasteiger partial charge in [0.15, 0.2) is 0 Å². The van der Waals surface area contributed by atoms with Crippen LogP contribution in [-0.4, -0.2) is 41.1 Å². The Morgan fingerprint density at radius 3 is 2.19 bits per heavy atom. The van der Waals surface area contributed by atoms with Crippen molar-refractivity contribution in [3.63, 3.8) is 0 Å². The lowest BCUT2D eigenvalue weighted by Crippen LogP contribution is -2.50. The van der Waals surface area contributed by atoms with Crippen molar-refractivity contribution in [1.29, 1.82) is 0 Å². The first-order chi connectivity index (χ1) is 9.48. The van der Waals surface area contributed by atoms with E-state index in [0.717, 1.165) is 25.9 Å². The van der Waals surface area contributed by atoms with Crippen LogP contribution in [0, 0.1) is 10.8 Å². The highest BCUT2D eigenvalue weighted by Crippen LogP contribution is 2.30. The third-order valence-corrected chi connectivity index (χ3v) is 4.01. The number of nitrogens with one attached hydrogen (secondary N) is 1. The lowest BCUT2D eigenvalue weighted by Gasteiger charge is -2.37. The number of aliphatic carboxylic acids is 1. The normalized spacial score (nSPS) is 20.0. The van der Waals surface area contributed by atoms with Crippen molar-refractivity contribution in [2.45, 2.75) is 66.3 Å². The Labute approximate surface area is 128 Å². The van der Waals surface area contributed by atoms with E-state index in [4.69, 9.17) is 5.11 Å². The Kier molecular flexibility index (Phi) is 5.65. The molecular weight excluding hydrogens is 268 g/mol. The monoisotopic (exact) mass is 298 g/mol. The van der Waals surface area contributed by atoms with Gasteiger partial charge in [-0.2, -0.15) is 0 Å². The largest absolute Gasteiger partial charge is 0.481 e. The molecule has 5 nitrogen and oxygen atoms in total. The number of carbonyl (C=O) groups is 2. The fourth-order valence-electron chi connectivity index (χ4n) is 2.71. The molecule has 0 aromatic carbocycles. The number of rotatable bonds is 4. The summed E-state index contributed by atoms with van der Waals surface area (Å²) in [6.45, 7) is 12.1. The Balaban J connectivity index is 2.57. The Bertz CT molecular complexity index is 375. The van der Waals surface area contributed by atoms with Crippen LogP contribution in [0.4, 0.5) is 4.79 Å². The third kappa shape index (κ3) is 6.82. The highest BCUT2D eigenvalue weighted by Gasteiger charge is 2.30. The van der Waals surface area contributed by atoms with Crippen LogP contribution in [0.15, 0.2) is 0 Å². The second kappa shape index (κ2) is 6.67. The maximum Gasteiger partial charge on any atom is 0.317 e. The van der Waals surface area contributed by atoms with E-state index in [1.807, 2.05) is 4.90 Å². The summed E-state index contributed by atoms with van der Waals surface area (Å²) in [6.07, 6.45) is 2.61. The third-order valence-electron chi connectivity index (χ3n) is 4.01. The number of carbonyl (C=O) groups excluding carboxylic acids is 1. The van der Waals surface area contributed by atoms with Crippen molar-refractivity contribution >= 4 is 12.0 Å². The van der Waals surface area contributed by atoms with Crippen molar-refractivity contribution in [1.82, 2.24) is 10.2 Å². The zero-order chi connectivity index (χ0) is 16.3. The van der Waals surface area contributed by atoms with Crippen LogP contribution < -0.4 is 5.32 Å². The molecule has 0 aliphatic carbocycles. The zero-order valence-electron chi connectivity index (χ0n) is 14.0. The Hall–Kier alpha value is -1.26. The van der Waals surface area contributed by atoms with Gasteiger partial charge in [0.1, 0.15) is 0 Å². The molecule has 1 aliphatic rings. The van der Waals surface area contributed by atoms with Gasteiger partial charge in [-0.3, -0.25) is 4.79 Å². The van der Waals surface area contributed by atoms with Crippen LogP contribution in [0.3, 0.4) is 0 Å². The molecule has 1 rings (SSSR count). The average molecular weight is 298 g/mol. The molecule has 1 atom stereocenters. The minimum absolute atomic E-state index is 0.0166. The van der Waals surface area contributed by atoms with E-state index in [9.17, 15) is 9.59 Å². The van der Waals surface area contributed by atoms with Crippen LogP contribution in [0.25, 0.3) is 0 Å². The number of carboxylic acid groups (broad SMARTS) is 1. The number of urea groups is 1. The fraction of sp³-hybridized carbons (Fsp3) is 0.875. The summed E-state index contributed by atoms with van der Waals surface area (Å²) in [7, 11) is 0. The quantitative estimate of drug-likeness (QED) is 0.838. The molecule has 2 amide bonds. The molecule has 1 saturated heterocycles. The number of likely N-dealkylation sites (tertiary alicyclic amines) is 1. The lowest BCUT2D eigenvalue weighted by molar-refractivity contribution is -0.137. The average Bonchev–Trinajstić information content (AvgIpc) is 2.24. The summed E-state index contributed by atoms with van der Waals surface area (Å²) >= 11 is 0. The zero-order valence-corrected chi connectivity index (χ0v) is 14.0. The molecule has 0 saturated carbocycles. The van der Waals surface area contributed by atoms with E-state index in [2.05, 4.69) is 39.9 Å². The summed E-state index contributed by atoms with van der Waals surface area (Å²) in [4.78, 5) is 25.1. The fourth-order valence-corrected chi connectivity index (χ4v) is 2.71. The highest BCUT2D eigenvalue weighted by molar-refractivity contribution is 5.76.